The van der Waals surface area contributed by atoms with E-state index in [0.717, 1.165) is 0 Å². The van der Waals surface area contributed by atoms with Crippen molar-refractivity contribution in [2.24, 2.45) is 5.92 Å². The fourth-order valence-electron chi connectivity index (χ4n) is 1.85. The Labute approximate surface area is 159 Å². The zero-order chi connectivity index (χ0) is 19.9. The van der Waals surface area contributed by atoms with Gasteiger partial charge in [-0.05, 0) is 44.4 Å². The summed E-state index contributed by atoms with van der Waals surface area (Å²) in [4.78, 5) is 24.2. The maximum Gasteiger partial charge on any atom is 0.412 e. The third-order valence-electron chi connectivity index (χ3n) is 2.99. The summed E-state index contributed by atoms with van der Waals surface area (Å²) in [6, 6.07) is 4.78. The first-order chi connectivity index (χ1) is 12.1. The van der Waals surface area contributed by atoms with Gasteiger partial charge in [-0.1, -0.05) is 32.0 Å². The molecule has 0 aliphatic carbocycles. The van der Waals surface area contributed by atoms with Crippen LogP contribution in [0, 0.1) is 5.92 Å². The van der Waals surface area contributed by atoms with Gasteiger partial charge in [-0.25, -0.2) is 9.59 Å². The van der Waals surface area contributed by atoms with Crippen LogP contribution in [0.4, 0.5) is 10.5 Å². The summed E-state index contributed by atoms with van der Waals surface area (Å²) < 4.78 is 15.8. The van der Waals surface area contributed by atoms with Gasteiger partial charge >= 0.3 is 12.1 Å². The Bertz CT molecular complexity index is 657. The molecule has 0 saturated carbocycles. The molecular formula is C19H26ClNO5. The van der Waals surface area contributed by atoms with Crippen LogP contribution in [0.1, 0.15) is 34.6 Å². The highest BCUT2D eigenvalue weighted by molar-refractivity contribution is 6.32. The largest absolute Gasteiger partial charge is 0.489 e. The number of nitrogens with one attached hydrogen (secondary N) is 1. The lowest BCUT2D eigenvalue weighted by atomic mass is 10.2. The quantitative estimate of drug-likeness (QED) is 0.514. The van der Waals surface area contributed by atoms with E-state index in [1.54, 1.807) is 25.1 Å². The van der Waals surface area contributed by atoms with Crippen molar-refractivity contribution in [3.8, 4) is 5.75 Å². The van der Waals surface area contributed by atoms with Gasteiger partial charge in [0, 0.05) is 11.8 Å². The van der Waals surface area contributed by atoms with E-state index in [1.165, 1.54) is 0 Å². The van der Waals surface area contributed by atoms with E-state index in [0.29, 0.717) is 22.0 Å². The maximum atomic E-state index is 12.1. The third kappa shape index (κ3) is 7.35. The summed E-state index contributed by atoms with van der Waals surface area (Å²) in [6.07, 6.45) is -2.05. The molecule has 0 heterocycles. The molecular weight excluding hydrogens is 358 g/mol. The molecule has 7 heteroatoms. The van der Waals surface area contributed by atoms with Crippen molar-refractivity contribution in [2.45, 2.75) is 46.8 Å². The fraction of sp³-hybridized carbons (Fsp3) is 0.474. The highest BCUT2D eigenvalue weighted by atomic mass is 35.5. The molecule has 0 fully saturated rings. The smallest absolute Gasteiger partial charge is 0.412 e. The van der Waals surface area contributed by atoms with E-state index in [-0.39, 0.29) is 18.6 Å². The normalized spacial score (nSPS) is 11.8. The minimum absolute atomic E-state index is 0.0711. The first-order valence-corrected chi connectivity index (χ1v) is 8.73. The average Bonchev–Trinajstić information content (AvgIpc) is 2.52. The molecule has 26 heavy (non-hydrogen) atoms. The number of rotatable bonds is 8. The number of amides is 1. The zero-order valence-electron chi connectivity index (χ0n) is 15.8. The Morgan fingerprint density at radius 1 is 1.23 bits per heavy atom. The van der Waals surface area contributed by atoms with Crippen LogP contribution in [-0.2, 0) is 14.3 Å². The summed E-state index contributed by atoms with van der Waals surface area (Å²) >= 11 is 6.06. The molecule has 144 valence electrons. The van der Waals surface area contributed by atoms with Crippen molar-refractivity contribution < 1.29 is 23.8 Å². The Morgan fingerprint density at radius 3 is 2.42 bits per heavy atom. The second-order valence-electron chi connectivity index (χ2n) is 6.59. The van der Waals surface area contributed by atoms with Crippen LogP contribution in [0.2, 0.25) is 5.02 Å². The van der Waals surface area contributed by atoms with Gasteiger partial charge in [0.05, 0.1) is 17.7 Å². The predicted octanol–water partition coefficient (Wildman–Crippen LogP) is 4.82. The van der Waals surface area contributed by atoms with Gasteiger partial charge in [0.1, 0.15) is 5.75 Å². The SMILES string of the molecule is C=C(C)C(OC(=O)Nc1ccc(Cl)c(OC(C)C)c1)C(=O)OCC(C)C. The van der Waals surface area contributed by atoms with Gasteiger partial charge in [0.25, 0.3) is 0 Å². The van der Waals surface area contributed by atoms with Crippen LogP contribution in [-0.4, -0.2) is 30.9 Å². The molecule has 0 aliphatic heterocycles. The third-order valence-corrected chi connectivity index (χ3v) is 3.30. The van der Waals surface area contributed by atoms with Crippen LogP contribution < -0.4 is 10.1 Å². The van der Waals surface area contributed by atoms with E-state index in [1.807, 2.05) is 27.7 Å². The molecule has 1 aromatic carbocycles. The molecule has 1 aromatic rings. The first kappa shape index (κ1) is 21.8. The Hall–Kier alpha value is -2.21. The highest BCUT2D eigenvalue weighted by Crippen LogP contribution is 2.28. The number of hydrogen-bond donors (Lipinski definition) is 1. The van der Waals surface area contributed by atoms with Crippen LogP contribution in [0.5, 0.6) is 5.75 Å². The summed E-state index contributed by atoms with van der Waals surface area (Å²) in [5.41, 5.74) is 0.792. The van der Waals surface area contributed by atoms with E-state index in [4.69, 9.17) is 25.8 Å². The van der Waals surface area contributed by atoms with E-state index < -0.39 is 18.2 Å². The first-order valence-electron chi connectivity index (χ1n) is 8.36. The van der Waals surface area contributed by atoms with Crippen molar-refractivity contribution in [1.82, 2.24) is 0 Å². The summed E-state index contributed by atoms with van der Waals surface area (Å²) in [5.74, 6) is -0.0412. The lowest BCUT2D eigenvalue weighted by molar-refractivity contribution is -0.152. The minimum atomic E-state index is -1.17. The topological polar surface area (TPSA) is 73.9 Å². The van der Waals surface area contributed by atoms with Crippen LogP contribution in [0.15, 0.2) is 30.4 Å². The van der Waals surface area contributed by atoms with Gasteiger partial charge in [0.15, 0.2) is 0 Å². The Morgan fingerprint density at radius 2 is 1.88 bits per heavy atom. The number of halogens is 1. The second-order valence-corrected chi connectivity index (χ2v) is 7.00. The summed E-state index contributed by atoms with van der Waals surface area (Å²) in [7, 11) is 0. The summed E-state index contributed by atoms with van der Waals surface area (Å²) in [5, 5.41) is 2.96. The Balaban J connectivity index is 2.76. The molecule has 0 spiro atoms. The molecule has 0 saturated heterocycles. The van der Waals surface area contributed by atoms with Gasteiger partial charge < -0.3 is 14.2 Å². The lowest BCUT2D eigenvalue weighted by Gasteiger charge is -2.18. The number of benzene rings is 1. The standard InChI is InChI=1S/C19H26ClNO5/c1-11(2)10-24-18(22)17(12(3)4)26-19(23)21-14-7-8-15(20)16(9-14)25-13(5)6/h7-9,11,13,17H,3,10H2,1-2,4-6H3,(H,21,23). The van der Waals surface area contributed by atoms with E-state index in [9.17, 15) is 9.59 Å². The number of carbonyl (C=O) groups is 2. The molecule has 0 radical (unpaired) electrons. The van der Waals surface area contributed by atoms with Crippen LogP contribution in [0.3, 0.4) is 0 Å². The van der Waals surface area contributed by atoms with Gasteiger partial charge in [-0.3, -0.25) is 5.32 Å². The van der Waals surface area contributed by atoms with E-state index in [2.05, 4.69) is 11.9 Å². The molecule has 1 amide bonds. The minimum Gasteiger partial charge on any atom is -0.489 e. The van der Waals surface area contributed by atoms with Crippen molar-refractivity contribution in [1.29, 1.82) is 0 Å². The summed E-state index contributed by atoms with van der Waals surface area (Å²) in [6.45, 7) is 13.1. The van der Waals surface area contributed by atoms with Gasteiger partial charge in [-0.2, -0.15) is 0 Å². The van der Waals surface area contributed by atoms with Gasteiger partial charge in [-0.15, -0.1) is 0 Å². The molecule has 0 bridgehead atoms. The number of hydrogen-bond acceptors (Lipinski definition) is 5. The van der Waals surface area contributed by atoms with Crippen molar-refractivity contribution in [3.05, 3.63) is 35.4 Å². The second kappa shape index (κ2) is 10.1. The van der Waals surface area contributed by atoms with Crippen molar-refractivity contribution in [3.63, 3.8) is 0 Å². The molecule has 1 atom stereocenters. The predicted molar refractivity (Wildman–Crippen MR) is 102 cm³/mol. The highest BCUT2D eigenvalue weighted by Gasteiger charge is 2.26. The van der Waals surface area contributed by atoms with Crippen LogP contribution >= 0.6 is 11.6 Å². The Kier molecular flexibility index (Phi) is 8.45. The van der Waals surface area contributed by atoms with Crippen molar-refractivity contribution in [2.75, 3.05) is 11.9 Å². The molecule has 0 aliphatic rings. The fourth-order valence-corrected chi connectivity index (χ4v) is 2.02. The van der Waals surface area contributed by atoms with Gasteiger partial charge in [0.2, 0.25) is 6.10 Å². The van der Waals surface area contributed by atoms with Crippen LogP contribution in [0.25, 0.3) is 0 Å². The monoisotopic (exact) mass is 383 g/mol. The molecule has 6 nitrogen and oxygen atoms in total. The van der Waals surface area contributed by atoms with Crippen molar-refractivity contribution >= 4 is 29.4 Å². The average molecular weight is 384 g/mol. The number of ether oxygens (including phenoxy) is 3. The molecule has 1 rings (SSSR count). The maximum absolute atomic E-state index is 12.1. The number of anilines is 1. The molecule has 0 aromatic heterocycles. The number of esters is 1. The molecule has 1 N–H and O–H groups in total. The molecule has 1 unspecified atom stereocenters. The number of carbonyl (C=O) groups excluding carboxylic acids is 2. The van der Waals surface area contributed by atoms with E-state index >= 15 is 0 Å². The lowest BCUT2D eigenvalue weighted by Crippen LogP contribution is -2.32. The zero-order valence-corrected chi connectivity index (χ0v) is 16.6.